The van der Waals surface area contributed by atoms with E-state index in [2.05, 4.69) is 29.9 Å². The minimum atomic E-state index is 0. The molecule has 0 spiro atoms. The normalized spacial score (nSPS) is 9.16. The zero-order chi connectivity index (χ0) is 24.7. The molecule has 0 aliphatic heterocycles. The fourth-order valence-corrected chi connectivity index (χ4v) is 3.09. The van der Waals surface area contributed by atoms with Crippen LogP contribution in [0.15, 0.2) is 146 Å². The summed E-state index contributed by atoms with van der Waals surface area (Å²) in [5, 5.41) is 0. The first-order valence-corrected chi connectivity index (χ1v) is 11.4. The second-order valence-electron chi connectivity index (χ2n) is 7.29. The van der Waals surface area contributed by atoms with Gasteiger partial charge in [0.1, 0.15) is 0 Å². The Morgan fingerprint density at radius 3 is 0.526 bits per heavy atom. The third-order valence-electron chi connectivity index (χ3n) is 4.78. The van der Waals surface area contributed by atoms with Crippen LogP contribution < -0.4 is 0 Å². The maximum atomic E-state index is 4.19. The van der Waals surface area contributed by atoms with Gasteiger partial charge in [0, 0.05) is 58.9 Å². The van der Waals surface area contributed by atoms with Crippen molar-refractivity contribution in [2.75, 3.05) is 0 Å². The molecule has 0 radical (unpaired) electrons. The summed E-state index contributed by atoms with van der Waals surface area (Å²) in [6, 6.07) is 34.8. The molecule has 0 atom stereocenters. The van der Waals surface area contributed by atoms with Gasteiger partial charge < -0.3 is 7.43 Å². The quantitative estimate of drug-likeness (QED) is 0.183. The van der Waals surface area contributed by atoms with Crippen LogP contribution in [0.3, 0.4) is 0 Å². The second-order valence-corrected chi connectivity index (χ2v) is 7.29. The summed E-state index contributed by atoms with van der Waals surface area (Å²) in [6.07, 6.45) is 10.6. The Balaban J connectivity index is 0.000000195. The molecule has 0 saturated heterocycles. The maximum Gasteiger partial charge on any atom is 0.0886 e. The molecule has 0 aliphatic carbocycles. The standard InChI is InChI=1S/3C10H8N2.CH3.Ti/c3*1-3-7-11-9(5-1)10-6-2-4-8-12-10;;/h3*1-8H;1H3;/q;;;-1;. The van der Waals surface area contributed by atoms with E-state index in [0.717, 1.165) is 34.2 Å². The maximum absolute atomic E-state index is 4.19. The summed E-state index contributed by atoms with van der Waals surface area (Å²) in [7, 11) is 0. The van der Waals surface area contributed by atoms with E-state index in [-0.39, 0.29) is 29.1 Å². The van der Waals surface area contributed by atoms with E-state index < -0.39 is 0 Å². The third-order valence-corrected chi connectivity index (χ3v) is 4.78. The molecule has 0 N–H and O–H groups in total. The SMILES string of the molecule is [CH3-].[Ti].c1ccc(-c2ccccn2)nc1.c1ccc(-c2ccccn2)nc1.c1ccc(-c2ccccn2)nc1. The number of hydrogen-bond donors (Lipinski definition) is 0. The van der Waals surface area contributed by atoms with Gasteiger partial charge in [0.05, 0.1) is 34.2 Å². The molecule has 38 heavy (non-hydrogen) atoms. The smallest absolute Gasteiger partial charge is 0.0886 e. The van der Waals surface area contributed by atoms with Gasteiger partial charge in [0.25, 0.3) is 0 Å². The van der Waals surface area contributed by atoms with Crippen molar-refractivity contribution in [1.29, 1.82) is 0 Å². The van der Waals surface area contributed by atoms with Crippen molar-refractivity contribution in [1.82, 2.24) is 29.9 Å². The minimum absolute atomic E-state index is 0. The Morgan fingerprint density at radius 2 is 0.421 bits per heavy atom. The average Bonchev–Trinajstić information content (AvgIpc) is 3.01. The molecule has 0 unspecified atom stereocenters. The zero-order valence-corrected chi connectivity index (χ0v) is 22.6. The number of pyridine rings is 6. The van der Waals surface area contributed by atoms with E-state index in [4.69, 9.17) is 0 Å². The van der Waals surface area contributed by atoms with Gasteiger partial charge in [-0.05, 0) is 72.8 Å². The van der Waals surface area contributed by atoms with Crippen molar-refractivity contribution >= 4 is 0 Å². The summed E-state index contributed by atoms with van der Waals surface area (Å²) < 4.78 is 0. The number of nitrogens with zero attached hydrogens (tertiary/aromatic N) is 6. The van der Waals surface area contributed by atoms with Crippen molar-refractivity contribution in [3.05, 3.63) is 154 Å². The average molecular weight is 531 g/mol. The molecule has 6 rings (SSSR count). The Morgan fingerprint density at radius 1 is 0.263 bits per heavy atom. The monoisotopic (exact) mass is 531 g/mol. The van der Waals surface area contributed by atoms with Gasteiger partial charge in [-0.1, -0.05) is 36.4 Å². The first-order valence-electron chi connectivity index (χ1n) is 11.4. The Kier molecular flexibility index (Phi) is 13.5. The van der Waals surface area contributed by atoms with Crippen LogP contribution in [0.25, 0.3) is 34.2 Å². The molecule has 6 aromatic heterocycles. The van der Waals surface area contributed by atoms with Gasteiger partial charge in [0.15, 0.2) is 0 Å². The van der Waals surface area contributed by atoms with E-state index in [1.807, 2.05) is 109 Å². The summed E-state index contributed by atoms with van der Waals surface area (Å²) in [5.41, 5.74) is 5.49. The van der Waals surface area contributed by atoms with Crippen molar-refractivity contribution in [3.63, 3.8) is 0 Å². The van der Waals surface area contributed by atoms with Gasteiger partial charge in [-0.2, -0.15) is 0 Å². The zero-order valence-electron chi connectivity index (χ0n) is 21.0. The van der Waals surface area contributed by atoms with Gasteiger partial charge in [-0.3, -0.25) is 29.9 Å². The Hall–Kier alpha value is -4.39. The molecule has 0 bridgehead atoms. The molecule has 0 amide bonds. The van der Waals surface area contributed by atoms with E-state index in [0.29, 0.717) is 0 Å². The van der Waals surface area contributed by atoms with Gasteiger partial charge in [-0.25, -0.2) is 0 Å². The fraction of sp³-hybridized carbons (Fsp3) is 0. The van der Waals surface area contributed by atoms with E-state index >= 15 is 0 Å². The molecule has 0 aliphatic rings. The number of aromatic nitrogens is 6. The van der Waals surface area contributed by atoms with Crippen LogP contribution in [0.4, 0.5) is 0 Å². The van der Waals surface area contributed by atoms with Crippen LogP contribution in [0.5, 0.6) is 0 Å². The van der Waals surface area contributed by atoms with Crippen molar-refractivity contribution in [2.45, 2.75) is 0 Å². The second kappa shape index (κ2) is 17.1. The molecule has 7 heteroatoms. The van der Waals surface area contributed by atoms with E-state index in [1.54, 1.807) is 37.2 Å². The summed E-state index contributed by atoms with van der Waals surface area (Å²) in [5.74, 6) is 0. The predicted octanol–water partition coefficient (Wildman–Crippen LogP) is 6.88. The Labute approximate surface area is 238 Å². The molecule has 0 saturated carbocycles. The molecule has 0 fully saturated rings. The third kappa shape index (κ3) is 9.58. The fourth-order valence-electron chi connectivity index (χ4n) is 3.09. The van der Waals surface area contributed by atoms with Crippen LogP contribution in [0.2, 0.25) is 0 Å². The van der Waals surface area contributed by atoms with E-state index in [1.165, 1.54) is 0 Å². The summed E-state index contributed by atoms with van der Waals surface area (Å²) in [4.78, 5) is 25.1. The predicted molar refractivity (Wildman–Crippen MR) is 149 cm³/mol. The molecule has 6 aromatic rings. The molecular formula is C31H27N6Ti-. The first kappa shape index (κ1) is 29.8. The molecule has 6 nitrogen and oxygen atoms in total. The van der Waals surface area contributed by atoms with Crippen LogP contribution in [-0.4, -0.2) is 29.9 Å². The largest absolute Gasteiger partial charge is 0.358 e. The van der Waals surface area contributed by atoms with E-state index in [9.17, 15) is 0 Å². The first-order chi connectivity index (χ1) is 17.9. The van der Waals surface area contributed by atoms with Crippen molar-refractivity contribution in [3.8, 4) is 34.2 Å². The molecule has 0 aromatic carbocycles. The number of hydrogen-bond acceptors (Lipinski definition) is 6. The van der Waals surface area contributed by atoms with Crippen LogP contribution >= 0.6 is 0 Å². The van der Waals surface area contributed by atoms with Crippen LogP contribution in [0.1, 0.15) is 0 Å². The topological polar surface area (TPSA) is 77.3 Å². The molecular weight excluding hydrogens is 504 g/mol. The van der Waals surface area contributed by atoms with Crippen LogP contribution in [-0.2, 0) is 21.7 Å². The summed E-state index contributed by atoms with van der Waals surface area (Å²) in [6.45, 7) is 0. The summed E-state index contributed by atoms with van der Waals surface area (Å²) >= 11 is 0. The van der Waals surface area contributed by atoms with Crippen molar-refractivity contribution < 1.29 is 21.7 Å². The van der Waals surface area contributed by atoms with Gasteiger partial charge in [0.2, 0.25) is 0 Å². The number of rotatable bonds is 3. The Bertz CT molecular complexity index is 1100. The van der Waals surface area contributed by atoms with Gasteiger partial charge in [-0.15, -0.1) is 0 Å². The minimum Gasteiger partial charge on any atom is -0.358 e. The van der Waals surface area contributed by atoms with Gasteiger partial charge >= 0.3 is 0 Å². The molecule has 186 valence electrons. The molecule has 6 heterocycles. The van der Waals surface area contributed by atoms with Crippen LogP contribution in [0, 0.1) is 7.43 Å². The van der Waals surface area contributed by atoms with Crippen molar-refractivity contribution in [2.24, 2.45) is 0 Å².